The van der Waals surface area contributed by atoms with Crippen molar-refractivity contribution in [1.82, 2.24) is 15.0 Å². The molecular formula is C20H17ClN4O2. The van der Waals surface area contributed by atoms with Crippen molar-refractivity contribution in [2.75, 3.05) is 5.32 Å². The molecule has 2 N–H and O–H groups in total. The highest BCUT2D eigenvalue weighted by Gasteiger charge is 2.18. The van der Waals surface area contributed by atoms with E-state index in [1.54, 1.807) is 24.4 Å². The maximum absolute atomic E-state index is 12.7. The number of amides is 1. The number of H-pyrrole nitrogens is 1. The number of hydrogen-bond donors (Lipinski definition) is 2. The fourth-order valence-electron chi connectivity index (χ4n) is 3.23. The molecule has 0 saturated heterocycles. The number of aromatic nitrogens is 3. The van der Waals surface area contributed by atoms with Crippen LogP contribution >= 0.6 is 11.6 Å². The Bertz CT molecular complexity index is 1060. The van der Waals surface area contributed by atoms with Crippen LogP contribution in [0.5, 0.6) is 0 Å². The maximum Gasteiger partial charge on any atom is 0.259 e. The van der Waals surface area contributed by atoms with E-state index in [9.17, 15) is 9.59 Å². The average molecular weight is 381 g/mol. The van der Waals surface area contributed by atoms with Gasteiger partial charge in [-0.2, -0.15) is 0 Å². The van der Waals surface area contributed by atoms with E-state index in [0.29, 0.717) is 10.6 Å². The molecule has 0 atom stereocenters. The molecule has 3 aromatic rings. The number of anilines is 1. The molecule has 136 valence electrons. The zero-order chi connectivity index (χ0) is 18.8. The van der Waals surface area contributed by atoms with E-state index in [1.807, 2.05) is 18.2 Å². The second-order valence-electron chi connectivity index (χ2n) is 6.41. The van der Waals surface area contributed by atoms with E-state index in [-0.39, 0.29) is 11.5 Å². The molecule has 0 bridgehead atoms. The van der Waals surface area contributed by atoms with Gasteiger partial charge in [0.2, 0.25) is 5.95 Å². The fraction of sp³-hybridized carbons (Fsp3) is 0.200. The number of carbonyl (C=O) groups is 1. The van der Waals surface area contributed by atoms with Crippen LogP contribution in [-0.4, -0.2) is 20.9 Å². The summed E-state index contributed by atoms with van der Waals surface area (Å²) >= 11 is 6.22. The van der Waals surface area contributed by atoms with Gasteiger partial charge in [-0.25, -0.2) is 4.98 Å². The molecule has 1 aliphatic carbocycles. The van der Waals surface area contributed by atoms with Gasteiger partial charge >= 0.3 is 0 Å². The monoisotopic (exact) mass is 380 g/mol. The van der Waals surface area contributed by atoms with Gasteiger partial charge in [0.05, 0.1) is 22.0 Å². The number of pyridine rings is 1. The van der Waals surface area contributed by atoms with Crippen molar-refractivity contribution in [1.29, 1.82) is 0 Å². The van der Waals surface area contributed by atoms with Gasteiger partial charge in [-0.15, -0.1) is 0 Å². The first-order valence-electron chi connectivity index (χ1n) is 8.76. The van der Waals surface area contributed by atoms with Gasteiger partial charge in [-0.1, -0.05) is 23.7 Å². The summed E-state index contributed by atoms with van der Waals surface area (Å²) in [6.07, 6.45) is 5.14. The number of aromatic amines is 1. The number of benzene rings is 1. The topological polar surface area (TPSA) is 87.7 Å². The molecule has 2 heterocycles. The first-order valence-corrected chi connectivity index (χ1v) is 9.14. The van der Waals surface area contributed by atoms with E-state index in [1.165, 1.54) is 0 Å². The van der Waals surface area contributed by atoms with Crippen LogP contribution in [0.4, 0.5) is 5.95 Å². The third-order valence-corrected chi connectivity index (χ3v) is 4.92. The third-order valence-electron chi connectivity index (χ3n) is 4.60. The number of carbonyl (C=O) groups excluding carboxylic acids is 1. The molecule has 0 unspecified atom stereocenters. The van der Waals surface area contributed by atoms with Crippen LogP contribution in [0.3, 0.4) is 0 Å². The summed E-state index contributed by atoms with van der Waals surface area (Å²) in [6, 6.07) is 10.7. The van der Waals surface area contributed by atoms with Gasteiger partial charge in [0.1, 0.15) is 0 Å². The van der Waals surface area contributed by atoms with E-state index >= 15 is 0 Å². The Hall–Kier alpha value is -2.99. The number of rotatable bonds is 3. The predicted octanol–water partition coefficient (Wildman–Crippen LogP) is 3.62. The highest BCUT2D eigenvalue weighted by Crippen LogP contribution is 2.24. The first-order chi connectivity index (χ1) is 13.1. The number of aryl methyl sites for hydroxylation is 1. The molecule has 0 saturated carbocycles. The average Bonchev–Trinajstić information content (AvgIpc) is 2.69. The molecule has 6 nitrogen and oxygen atoms in total. The fourth-order valence-corrected chi connectivity index (χ4v) is 3.43. The normalized spacial score (nSPS) is 13.1. The van der Waals surface area contributed by atoms with E-state index in [4.69, 9.17) is 11.6 Å². The van der Waals surface area contributed by atoms with Crippen molar-refractivity contribution in [2.24, 2.45) is 0 Å². The summed E-state index contributed by atoms with van der Waals surface area (Å²) < 4.78 is 0. The zero-order valence-electron chi connectivity index (χ0n) is 14.5. The third kappa shape index (κ3) is 3.61. The number of nitrogens with zero attached hydrogens (tertiary/aromatic N) is 2. The van der Waals surface area contributed by atoms with Crippen molar-refractivity contribution >= 4 is 23.5 Å². The first kappa shape index (κ1) is 17.4. The second kappa shape index (κ2) is 7.32. The van der Waals surface area contributed by atoms with E-state index in [0.717, 1.165) is 48.2 Å². The molecule has 7 heteroatoms. The van der Waals surface area contributed by atoms with Gasteiger partial charge in [0, 0.05) is 17.3 Å². The molecule has 1 amide bonds. The van der Waals surface area contributed by atoms with Crippen molar-refractivity contribution < 1.29 is 4.79 Å². The Balaban J connectivity index is 1.64. The molecular weight excluding hydrogens is 364 g/mol. The van der Waals surface area contributed by atoms with Crippen molar-refractivity contribution in [2.45, 2.75) is 25.7 Å². The molecule has 4 rings (SSSR count). The Morgan fingerprint density at radius 2 is 2.00 bits per heavy atom. The summed E-state index contributed by atoms with van der Waals surface area (Å²) in [5.41, 5.74) is 3.09. The highest BCUT2D eigenvalue weighted by atomic mass is 35.5. The predicted molar refractivity (Wildman–Crippen MR) is 104 cm³/mol. The van der Waals surface area contributed by atoms with Gasteiger partial charge in [-0.05, 0) is 49.9 Å². The lowest BCUT2D eigenvalue weighted by Gasteiger charge is -2.15. The smallest absolute Gasteiger partial charge is 0.259 e. The summed E-state index contributed by atoms with van der Waals surface area (Å²) in [7, 11) is 0. The lowest BCUT2D eigenvalue weighted by molar-refractivity contribution is 0.102. The van der Waals surface area contributed by atoms with E-state index in [2.05, 4.69) is 20.3 Å². The molecule has 27 heavy (non-hydrogen) atoms. The zero-order valence-corrected chi connectivity index (χ0v) is 15.2. The number of nitrogens with one attached hydrogen (secondary N) is 2. The SMILES string of the molecule is O=C(Nc1nc2c(c(=O)[nH]1)CCCC2)c1cc(-c2ccccn2)ccc1Cl. The highest BCUT2D eigenvalue weighted by molar-refractivity contribution is 6.34. The second-order valence-corrected chi connectivity index (χ2v) is 6.82. The minimum atomic E-state index is -0.434. The Morgan fingerprint density at radius 1 is 1.15 bits per heavy atom. The van der Waals surface area contributed by atoms with Crippen LogP contribution in [0, 0.1) is 0 Å². The largest absolute Gasteiger partial charge is 0.292 e. The summed E-state index contributed by atoms with van der Waals surface area (Å²) in [5.74, 6) is -0.290. The molecule has 1 aromatic carbocycles. The minimum absolute atomic E-state index is 0.143. The number of hydrogen-bond acceptors (Lipinski definition) is 4. The number of fused-ring (bicyclic) bond motifs is 1. The van der Waals surface area contributed by atoms with Crippen LogP contribution in [0.1, 0.15) is 34.5 Å². The van der Waals surface area contributed by atoms with Gasteiger partial charge in [0.15, 0.2) is 0 Å². The van der Waals surface area contributed by atoms with Crippen molar-refractivity contribution in [3.8, 4) is 11.3 Å². The lowest BCUT2D eigenvalue weighted by atomic mass is 9.97. The summed E-state index contributed by atoms with van der Waals surface area (Å²) in [4.78, 5) is 36.3. The molecule has 0 aliphatic heterocycles. The molecule has 2 aromatic heterocycles. The molecule has 1 aliphatic rings. The standard InChI is InChI=1S/C20H17ClN4O2/c21-15-9-8-12(16-6-3-4-10-22-16)11-14(15)19(27)25-20-23-17-7-2-1-5-13(17)18(26)24-20/h3-4,6,8-11H,1-2,5,7H2,(H2,23,24,25,26,27). The Labute approximate surface area is 160 Å². The van der Waals surface area contributed by atoms with Gasteiger partial charge < -0.3 is 0 Å². The maximum atomic E-state index is 12.7. The van der Waals surface area contributed by atoms with Crippen molar-refractivity contribution in [3.63, 3.8) is 0 Å². The van der Waals surface area contributed by atoms with Crippen LogP contribution in [0.25, 0.3) is 11.3 Å². The van der Waals surface area contributed by atoms with E-state index < -0.39 is 5.91 Å². The van der Waals surface area contributed by atoms with Gasteiger partial charge in [0.25, 0.3) is 11.5 Å². The number of halogens is 1. The summed E-state index contributed by atoms with van der Waals surface area (Å²) in [6.45, 7) is 0. The summed E-state index contributed by atoms with van der Waals surface area (Å²) in [5, 5.41) is 2.97. The van der Waals surface area contributed by atoms with Crippen LogP contribution in [0.2, 0.25) is 5.02 Å². The Kier molecular flexibility index (Phi) is 4.73. The minimum Gasteiger partial charge on any atom is -0.292 e. The van der Waals surface area contributed by atoms with Crippen molar-refractivity contribution in [3.05, 3.63) is 74.8 Å². The lowest BCUT2D eigenvalue weighted by Crippen LogP contribution is -2.24. The molecule has 0 fully saturated rings. The Morgan fingerprint density at radius 3 is 2.81 bits per heavy atom. The quantitative estimate of drug-likeness (QED) is 0.726. The van der Waals surface area contributed by atoms with Crippen LogP contribution in [0.15, 0.2) is 47.4 Å². The van der Waals surface area contributed by atoms with Gasteiger partial charge in [-0.3, -0.25) is 24.9 Å². The van der Waals surface area contributed by atoms with Crippen LogP contribution in [-0.2, 0) is 12.8 Å². The molecule has 0 spiro atoms. The molecule has 0 radical (unpaired) electrons. The van der Waals surface area contributed by atoms with Crippen LogP contribution < -0.4 is 10.9 Å².